The van der Waals surface area contributed by atoms with Crippen LogP contribution in [0.5, 0.6) is 0 Å². The van der Waals surface area contributed by atoms with E-state index in [1.807, 2.05) is 0 Å². The van der Waals surface area contributed by atoms with Gasteiger partial charge < -0.3 is 10.6 Å². The third kappa shape index (κ3) is 4.39. The van der Waals surface area contributed by atoms with Crippen molar-refractivity contribution in [3.8, 4) is 0 Å². The van der Waals surface area contributed by atoms with Crippen molar-refractivity contribution < 1.29 is 18.8 Å². The second kappa shape index (κ2) is 8.70. The standard InChI is InChI=1S/C23H21FN6O3/c1-25-13-27-22(33)21(32)26-11-14-5-3-4-6-15(14)20(31)28-23(9-10-23)17-7-8-18-16(19(17)24)12-30(2)29-18/h3-8,12H,9-11,13H2,2H3,(H,26,32)(H,27,33)(H,28,31). The minimum absolute atomic E-state index is 0.0587. The van der Waals surface area contributed by atoms with E-state index in [0.29, 0.717) is 40.4 Å². The number of benzene rings is 2. The molecule has 0 radical (unpaired) electrons. The number of aryl methyl sites for hydroxylation is 1. The van der Waals surface area contributed by atoms with Gasteiger partial charge in [0.05, 0.1) is 16.4 Å². The van der Waals surface area contributed by atoms with E-state index in [1.54, 1.807) is 54.3 Å². The minimum atomic E-state index is -0.925. The van der Waals surface area contributed by atoms with Crippen molar-refractivity contribution in [3.63, 3.8) is 0 Å². The van der Waals surface area contributed by atoms with Crippen LogP contribution in [0.1, 0.15) is 34.3 Å². The van der Waals surface area contributed by atoms with Gasteiger partial charge in [0.25, 0.3) is 12.6 Å². The zero-order chi connectivity index (χ0) is 23.6. The molecule has 0 atom stereocenters. The summed E-state index contributed by atoms with van der Waals surface area (Å²) in [5.41, 5.74) is 0.969. The first kappa shape index (κ1) is 22.0. The molecule has 2 aromatic carbocycles. The maximum Gasteiger partial charge on any atom is 0.314 e. The molecule has 0 spiro atoms. The first-order valence-corrected chi connectivity index (χ1v) is 10.3. The van der Waals surface area contributed by atoms with Gasteiger partial charge in [-0.1, -0.05) is 24.3 Å². The lowest BCUT2D eigenvalue weighted by atomic mass is 10.00. The van der Waals surface area contributed by atoms with Crippen molar-refractivity contribution in [3.05, 3.63) is 76.5 Å². The van der Waals surface area contributed by atoms with Crippen molar-refractivity contribution in [2.75, 3.05) is 6.67 Å². The maximum absolute atomic E-state index is 15.2. The molecular formula is C23H21FN6O3. The van der Waals surface area contributed by atoms with Crippen LogP contribution in [0.25, 0.3) is 15.7 Å². The number of fused-ring (bicyclic) bond motifs is 1. The Bertz CT molecular complexity index is 1310. The lowest BCUT2D eigenvalue weighted by Gasteiger charge is -2.20. The van der Waals surface area contributed by atoms with Gasteiger partial charge in [-0.2, -0.15) is 5.10 Å². The van der Waals surface area contributed by atoms with Crippen molar-refractivity contribution in [2.45, 2.75) is 24.9 Å². The van der Waals surface area contributed by atoms with E-state index in [0.717, 1.165) is 0 Å². The Labute approximate surface area is 188 Å². The Morgan fingerprint density at radius 3 is 2.61 bits per heavy atom. The average molecular weight is 448 g/mol. The number of hydrogen-bond acceptors (Lipinski definition) is 4. The van der Waals surface area contributed by atoms with E-state index in [1.165, 1.54) is 0 Å². The van der Waals surface area contributed by atoms with E-state index in [2.05, 4.69) is 25.9 Å². The van der Waals surface area contributed by atoms with Crippen molar-refractivity contribution in [2.24, 2.45) is 7.05 Å². The monoisotopic (exact) mass is 448 g/mol. The molecule has 0 saturated heterocycles. The summed E-state index contributed by atoms with van der Waals surface area (Å²) in [5.74, 6) is -2.63. The molecule has 3 N–H and O–H groups in total. The van der Waals surface area contributed by atoms with E-state index in [9.17, 15) is 14.4 Å². The quantitative estimate of drug-likeness (QED) is 0.394. The van der Waals surface area contributed by atoms with Crippen LogP contribution >= 0.6 is 0 Å². The summed E-state index contributed by atoms with van der Waals surface area (Å²) < 4.78 is 16.8. The number of carbonyl (C=O) groups excluding carboxylic acids is 3. The topological polar surface area (TPSA) is 109 Å². The molecule has 0 aliphatic heterocycles. The van der Waals surface area contributed by atoms with Crippen LogP contribution < -0.4 is 16.0 Å². The summed E-state index contributed by atoms with van der Waals surface area (Å²) in [7, 11) is 1.72. The molecule has 1 aliphatic rings. The molecule has 10 heteroatoms. The highest BCUT2D eigenvalue weighted by Crippen LogP contribution is 2.47. The Balaban J connectivity index is 1.51. The van der Waals surface area contributed by atoms with Gasteiger partial charge in [0, 0.05) is 30.9 Å². The summed E-state index contributed by atoms with van der Waals surface area (Å²) in [5, 5.41) is 12.2. The number of rotatable bonds is 6. The highest BCUT2D eigenvalue weighted by molar-refractivity contribution is 6.35. The van der Waals surface area contributed by atoms with Gasteiger partial charge in [-0.15, -0.1) is 0 Å². The highest BCUT2D eigenvalue weighted by Gasteiger charge is 2.48. The predicted molar refractivity (Wildman–Crippen MR) is 117 cm³/mol. The molecule has 4 rings (SSSR count). The zero-order valence-electron chi connectivity index (χ0n) is 17.8. The largest absolute Gasteiger partial charge is 0.344 e. The van der Waals surface area contributed by atoms with Crippen LogP contribution in [0.3, 0.4) is 0 Å². The Kier molecular flexibility index (Phi) is 5.79. The van der Waals surface area contributed by atoms with E-state index >= 15 is 4.39 Å². The first-order chi connectivity index (χ1) is 15.8. The second-order valence-corrected chi connectivity index (χ2v) is 7.86. The molecule has 1 heterocycles. The summed E-state index contributed by atoms with van der Waals surface area (Å²) in [4.78, 5) is 39.6. The predicted octanol–water partition coefficient (Wildman–Crippen LogP) is 1.74. The van der Waals surface area contributed by atoms with Crippen molar-refractivity contribution in [1.82, 2.24) is 25.7 Å². The van der Waals surface area contributed by atoms with Crippen LogP contribution in [0.2, 0.25) is 0 Å². The number of hydrogen-bond donors (Lipinski definition) is 3. The number of carbonyl (C=O) groups is 3. The number of nitrogens with zero attached hydrogens (tertiary/aromatic N) is 3. The fraction of sp³-hybridized carbons (Fsp3) is 0.261. The van der Waals surface area contributed by atoms with Crippen LogP contribution in [-0.4, -0.2) is 34.2 Å². The smallest absolute Gasteiger partial charge is 0.314 e. The number of halogens is 1. The van der Waals surface area contributed by atoms with Gasteiger partial charge in [-0.05, 0) is 30.5 Å². The van der Waals surface area contributed by atoms with Crippen LogP contribution in [0.15, 0.2) is 42.6 Å². The number of aromatic nitrogens is 2. The molecule has 3 aromatic rings. The SMILES string of the molecule is [C-]#[N+]CNC(=O)C(=O)NCc1ccccc1C(=O)NC1(c2ccc3nn(C)cc3c2F)CC1. The molecule has 168 valence electrons. The molecule has 1 saturated carbocycles. The van der Waals surface area contributed by atoms with Crippen LogP contribution in [0, 0.1) is 12.4 Å². The fourth-order valence-corrected chi connectivity index (χ4v) is 3.76. The lowest BCUT2D eigenvalue weighted by molar-refractivity contribution is -0.139. The van der Waals surface area contributed by atoms with E-state index in [4.69, 9.17) is 6.57 Å². The van der Waals surface area contributed by atoms with Crippen LogP contribution in [-0.2, 0) is 28.7 Å². The van der Waals surface area contributed by atoms with Gasteiger partial charge in [-0.3, -0.25) is 29.2 Å². The Hall–Kier alpha value is -4.26. The normalized spacial score (nSPS) is 13.7. The highest BCUT2D eigenvalue weighted by atomic mass is 19.1. The molecule has 1 aliphatic carbocycles. The van der Waals surface area contributed by atoms with Crippen molar-refractivity contribution in [1.29, 1.82) is 0 Å². The molecule has 0 unspecified atom stereocenters. The van der Waals surface area contributed by atoms with Gasteiger partial charge in [0.15, 0.2) is 0 Å². The molecule has 1 aromatic heterocycles. The summed E-state index contributed by atoms with van der Waals surface area (Å²) in [6.45, 7) is 6.29. The molecular weight excluding hydrogens is 427 g/mol. The second-order valence-electron chi connectivity index (χ2n) is 7.86. The molecule has 33 heavy (non-hydrogen) atoms. The summed E-state index contributed by atoms with van der Waals surface area (Å²) in [6.07, 6.45) is 2.81. The maximum atomic E-state index is 15.2. The number of nitrogens with one attached hydrogen (secondary N) is 3. The Morgan fingerprint density at radius 2 is 1.88 bits per heavy atom. The molecule has 1 fully saturated rings. The van der Waals surface area contributed by atoms with Gasteiger partial charge in [0.2, 0.25) is 0 Å². The number of amides is 3. The zero-order valence-corrected chi connectivity index (χ0v) is 17.8. The van der Waals surface area contributed by atoms with Crippen molar-refractivity contribution >= 4 is 28.6 Å². The average Bonchev–Trinajstić information content (AvgIpc) is 3.47. The van der Waals surface area contributed by atoms with Gasteiger partial charge >= 0.3 is 11.8 Å². The molecule has 0 bridgehead atoms. The third-order valence-corrected chi connectivity index (χ3v) is 5.58. The summed E-state index contributed by atoms with van der Waals surface area (Å²) in [6, 6.07) is 10.1. The summed E-state index contributed by atoms with van der Waals surface area (Å²) >= 11 is 0. The molecule has 9 nitrogen and oxygen atoms in total. The Morgan fingerprint density at radius 1 is 1.15 bits per heavy atom. The minimum Gasteiger partial charge on any atom is -0.344 e. The third-order valence-electron chi connectivity index (χ3n) is 5.58. The molecule has 3 amide bonds. The van der Waals surface area contributed by atoms with Gasteiger partial charge in [-0.25, -0.2) is 11.0 Å². The van der Waals surface area contributed by atoms with Crippen LogP contribution in [0.4, 0.5) is 4.39 Å². The van der Waals surface area contributed by atoms with E-state index in [-0.39, 0.29) is 13.2 Å². The fourth-order valence-electron chi connectivity index (χ4n) is 3.76. The van der Waals surface area contributed by atoms with E-state index < -0.39 is 29.1 Å². The lowest BCUT2D eigenvalue weighted by Crippen LogP contribution is -2.40. The first-order valence-electron chi connectivity index (χ1n) is 10.3. The van der Waals surface area contributed by atoms with Gasteiger partial charge in [0.1, 0.15) is 5.82 Å².